The van der Waals surface area contributed by atoms with E-state index in [9.17, 15) is 4.79 Å². The molecule has 0 spiro atoms. The molecule has 0 N–H and O–H groups in total. The van der Waals surface area contributed by atoms with Crippen LogP contribution in [0.1, 0.15) is 61.3 Å². The van der Waals surface area contributed by atoms with E-state index in [0.717, 1.165) is 25.1 Å². The molecular weight excluding hydrogens is 236 g/mol. The van der Waals surface area contributed by atoms with Gasteiger partial charge in [-0.25, -0.2) is 0 Å². The summed E-state index contributed by atoms with van der Waals surface area (Å²) >= 11 is 0. The minimum absolute atomic E-state index is 0.0996. The lowest BCUT2D eigenvalue weighted by Crippen LogP contribution is -2.42. The van der Waals surface area contributed by atoms with Gasteiger partial charge < -0.3 is 5.01 Å². The highest BCUT2D eigenvalue weighted by atomic mass is 16.1. The number of nitrogens with zero attached hydrogens (tertiary/aromatic N) is 2. The Balaban J connectivity index is 2.04. The Kier molecular flexibility index (Phi) is 2.95. The smallest absolute Gasteiger partial charge is 0.165 e. The van der Waals surface area contributed by atoms with Crippen LogP contribution in [0.25, 0.3) is 0 Å². The molecule has 104 valence electrons. The van der Waals surface area contributed by atoms with Gasteiger partial charge in [0.25, 0.3) is 0 Å². The number of rotatable bonds is 1. The lowest BCUT2D eigenvalue weighted by molar-refractivity contribution is 0.0910. The Morgan fingerprint density at radius 3 is 2.47 bits per heavy atom. The van der Waals surface area contributed by atoms with E-state index in [4.69, 9.17) is 0 Å². The maximum Gasteiger partial charge on any atom is 0.165 e. The van der Waals surface area contributed by atoms with Crippen molar-refractivity contribution in [2.24, 2.45) is 5.41 Å². The van der Waals surface area contributed by atoms with Gasteiger partial charge in [-0.1, -0.05) is 13.8 Å². The van der Waals surface area contributed by atoms with Crippen LogP contribution in [0.5, 0.6) is 0 Å². The Hall–Kier alpha value is -1.25. The highest BCUT2D eigenvalue weighted by Gasteiger charge is 2.35. The molecule has 0 amide bonds. The molecule has 0 radical (unpaired) electrons. The van der Waals surface area contributed by atoms with Crippen molar-refractivity contribution in [1.29, 1.82) is 0 Å². The second kappa shape index (κ2) is 4.39. The van der Waals surface area contributed by atoms with Crippen molar-refractivity contribution < 1.29 is 4.79 Å². The van der Waals surface area contributed by atoms with Crippen LogP contribution in [-0.2, 0) is 6.42 Å². The number of Topliss-reactive ketones (excluding diaryl/α,β-unsaturated/α-hetero) is 1. The molecule has 0 aromatic carbocycles. The van der Waals surface area contributed by atoms with Crippen molar-refractivity contribution in [3.05, 3.63) is 23.0 Å². The van der Waals surface area contributed by atoms with E-state index in [1.807, 2.05) is 0 Å². The number of aryl methyl sites for hydroxylation is 1. The molecule has 0 saturated carbocycles. The molecule has 3 heteroatoms. The third-order valence-corrected chi connectivity index (χ3v) is 4.45. The average molecular weight is 260 g/mol. The van der Waals surface area contributed by atoms with E-state index in [-0.39, 0.29) is 5.41 Å². The zero-order chi connectivity index (χ0) is 13.6. The van der Waals surface area contributed by atoms with Crippen LogP contribution < -0.4 is 5.01 Å². The van der Waals surface area contributed by atoms with Gasteiger partial charge in [-0.2, -0.15) is 0 Å². The summed E-state index contributed by atoms with van der Waals surface area (Å²) in [6.07, 6.45) is 5.57. The number of ketones is 1. The van der Waals surface area contributed by atoms with E-state index in [0.29, 0.717) is 12.2 Å². The van der Waals surface area contributed by atoms with Crippen LogP contribution in [0, 0.1) is 12.3 Å². The predicted octanol–water partition coefficient (Wildman–Crippen LogP) is 3.07. The first-order chi connectivity index (χ1) is 8.98. The van der Waals surface area contributed by atoms with Crippen LogP contribution in [0.3, 0.4) is 0 Å². The normalized spacial score (nSPS) is 22.5. The molecule has 3 nitrogen and oxygen atoms in total. The summed E-state index contributed by atoms with van der Waals surface area (Å²) < 4.78 is 2.34. The third kappa shape index (κ3) is 2.19. The third-order valence-electron chi connectivity index (χ3n) is 4.45. The number of hydrogen-bond acceptors (Lipinski definition) is 2. The molecule has 0 unspecified atom stereocenters. The monoisotopic (exact) mass is 260 g/mol. The molecule has 3 rings (SSSR count). The fraction of sp³-hybridized carbons (Fsp3) is 0.688. The first-order valence-electron chi connectivity index (χ1n) is 7.48. The number of fused-ring (bicyclic) bond motifs is 1. The Morgan fingerprint density at radius 2 is 1.79 bits per heavy atom. The molecule has 1 aliphatic heterocycles. The first-order valence-corrected chi connectivity index (χ1v) is 7.48. The summed E-state index contributed by atoms with van der Waals surface area (Å²) in [5.74, 6) is 0.324. The van der Waals surface area contributed by atoms with Crippen molar-refractivity contribution in [2.45, 2.75) is 52.9 Å². The van der Waals surface area contributed by atoms with Crippen molar-refractivity contribution in [3.63, 3.8) is 0 Å². The van der Waals surface area contributed by atoms with Gasteiger partial charge in [0.15, 0.2) is 5.78 Å². The minimum Gasteiger partial charge on any atom is -0.313 e. The highest BCUT2D eigenvalue weighted by molar-refractivity contribution is 5.99. The van der Waals surface area contributed by atoms with Gasteiger partial charge in [0.2, 0.25) is 0 Å². The second-order valence-electron chi connectivity index (χ2n) is 6.91. The van der Waals surface area contributed by atoms with Crippen molar-refractivity contribution in [1.82, 2.24) is 4.68 Å². The van der Waals surface area contributed by atoms with E-state index < -0.39 is 0 Å². The van der Waals surface area contributed by atoms with E-state index in [2.05, 4.69) is 36.5 Å². The molecule has 2 heterocycles. The zero-order valence-electron chi connectivity index (χ0n) is 12.3. The maximum atomic E-state index is 12.3. The van der Waals surface area contributed by atoms with Crippen molar-refractivity contribution in [2.75, 3.05) is 18.1 Å². The number of piperidine rings is 1. The Morgan fingerprint density at radius 1 is 1.11 bits per heavy atom. The molecular formula is C16H24N2O. The fourth-order valence-electron chi connectivity index (χ4n) is 3.61. The number of hydrogen-bond donors (Lipinski definition) is 0. The van der Waals surface area contributed by atoms with Gasteiger partial charge in [-0.3, -0.25) is 9.47 Å². The quantitative estimate of drug-likeness (QED) is 0.775. The van der Waals surface area contributed by atoms with Gasteiger partial charge in [-0.15, -0.1) is 0 Å². The van der Waals surface area contributed by atoms with Crippen molar-refractivity contribution in [3.8, 4) is 0 Å². The van der Waals surface area contributed by atoms with E-state index in [1.54, 1.807) is 0 Å². The molecule has 0 bridgehead atoms. The minimum atomic E-state index is 0.0996. The number of carbonyl (C=O) groups excluding carboxylic acids is 1. The summed E-state index contributed by atoms with van der Waals surface area (Å²) in [7, 11) is 0. The topological polar surface area (TPSA) is 25.2 Å². The van der Waals surface area contributed by atoms with Gasteiger partial charge in [0, 0.05) is 30.8 Å². The van der Waals surface area contributed by atoms with Crippen LogP contribution in [0.2, 0.25) is 0 Å². The number of carbonyl (C=O) groups is 1. The maximum absolute atomic E-state index is 12.3. The van der Waals surface area contributed by atoms with Crippen molar-refractivity contribution >= 4 is 5.78 Å². The summed E-state index contributed by atoms with van der Waals surface area (Å²) in [4.78, 5) is 12.3. The van der Waals surface area contributed by atoms with E-state index >= 15 is 0 Å². The van der Waals surface area contributed by atoms with Gasteiger partial charge in [0.05, 0.1) is 5.69 Å². The molecule has 0 atom stereocenters. The Labute approximate surface area is 115 Å². The Bertz CT molecular complexity index is 507. The molecule has 19 heavy (non-hydrogen) atoms. The van der Waals surface area contributed by atoms with Gasteiger partial charge in [0.1, 0.15) is 0 Å². The molecule has 1 aromatic heterocycles. The summed E-state index contributed by atoms with van der Waals surface area (Å²) in [5.41, 5.74) is 3.54. The lowest BCUT2D eigenvalue weighted by Gasteiger charge is -2.36. The summed E-state index contributed by atoms with van der Waals surface area (Å²) in [5, 5.41) is 2.44. The van der Waals surface area contributed by atoms with Crippen LogP contribution in [0.4, 0.5) is 0 Å². The number of aromatic nitrogens is 1. The van der Waals surface area contributed by atoms with E-state index in [1.165, 1.54) is 30.7 Å². The largest absolute Gasteiger partial charge is 0.313 e. The summed E-state index contributed by atoms with van der Waals surface area (Å²) in [6.45, 7) is 8.79. The standard InChI is InChI=1S/C16H24N2O/c1-12-9-13-14(10-16(2,3)11-15(13)19)18(12)17-7-5-4-6-8-17/h9H,4-8,10-11H2,1-3H3. The van der Waals surface area contributed by atoms with Gasteiger partial charge >= 0.3 is 0 Å². The molecule has 1 aromatic rings. The van der Waals surface area contributed by atoms with Crippen LogP contribution in [-0.4, -0.2) is 23.5 Å². The molecule has 1 saturated heterocycles. The zero-order valence-corrected chi connectivity index (χ0v) is 12.3. The molecule has 1 aliphatic carbocycles. The second-order valence-corrected chi connectivity index (χ2v) is 6.91. The molecule has 2 aliphatic rings. The van der Waals surface area contributed by atoms with Crippen LogP contribution in [0.15, 0.2) is 6.07 Å². The summed E-state index contributed by atoms with van der Waals surface area (Å²) in [6, 6.07) is 2.10. The van der Waals surface area contributed by atoms with Gasteiger partial charge in [-0.05, 0) is 44.1 Å². The first kappa shape index (κ1) is 12.8. The average Bonchev–Trinajstić information content (AvgIpc) is 2.65. The fourth-order valence-corrected chi connectivity index (χ4v) is 3.61. The molecule has 1 fully saturated rings. The highest BCUT2D eigenvalue weighted by Crippen LogP contribution is 2.36. The lowest BCUT2D eigenvalue weighted by atomic mass is 9.76. The van der Waals surface area contributed by atoms with Crippen LogP contribution >= 0.6 is 0 Å². The predicted molar refractivity (Wildman–Crippen MR) is 77.4 cm³/mol. The SMILES string of the molecule is Cc1cc2c(n1N1CCCCC1)CC(C)(C)CC2=O.